The van der Waals surface area contributed by atoms with Crippen LogP contribution in [0.25, 0.3) is 0 Å². The van der Waals surface area contributed by atoms with Crippen LogP contribution in [-0.2, 0) is 6.54 Å². The van der Waals surface area contributed by atoms with E-state index in [4.69, 9.17) is 4.74 Å². The molecule has 1 heterocycles. The molecule has 1 aromatic rings. The van der Waals surface area contributed by atoms with Crippen LogP contribution in [0.2, 0.25) is 0 Å². The van der Waals surface area contributed by atoms with Crippen LogP contribution >= 0.6 is 0 Å². The standard InChI is InChI=1S/C12H17NO/c1-9(2)13-7-11-6-10(3)4-5-12(11)14-8-13/h4-6,9H,7-8H2,1-3H3. The molecule has 0 atom stereocenters. The average Bonchev–Trinajstić information content (AvgIpc) is 2.16. The zero-order valence-electron chi connectivity index (χ0n) is 9.08. The second-order valence-electron chi connectivity index (χ2n) is 4.23. The van der Waals surface area contributed by atoms with Gasteiger partial charge in [0.1, 0.15) is 12.5 Å². The molecule has 0 saturated heterocycles. The Bertz CT molecular complexity index is 333. The van der Waals surface area contributed by atoms with Crippen LogP contribution in [0.4, 0.5) is 0 Å². The van der Waals surface area contributed by atoms with Crippen molar-refractivity contribution in [3.8, 4) is 5.75 Å². The molecule has 76 valence electrons. The highest BCUT2D eigenvalue weighted by molar-refractivity contribution is 5.37. The number of hydrogen-bond donors (Lipinski definition) is 0. The molecule has 2 rings (SSSR count). The fourth-order valence-electron chi connectivity index (χ4n) is 1.72. The Kier molecular flexibility index (Phi) is 2.46. The molecule has 1 aliphatic rings. The molecule has 0 aromatic heterocycles. The first-order chi connectivity index (χ1) is 6.66. The fourth-order valence-corrected chi connectivity index (χ4v) is 1.72. The van der Waals surface area contributed by atoms with Gasteiger partial charge in [-0.05, 0) is 26.8 Å². The van der Waals surface area contributed by atoms with Crippen molar-refractivity contribution in [2.24, 2.45) is 0 Å². The van der Waals surface area contributed by atoms with E-state index in [0.29, 0.717) is 12.8 Å². The maximum atomic E-state index is 5.68. The second-order valence-corrected chi connectivity index (χ2v) is 4.23. The third-order valence-corrected chi connectivity index (χ3v) is 2.71. The van der Waals surface area contributed by atoms with Crippen molar-refractivity contribution in [3.05, 3.63) is 29.3 Å². The molecule has 0 fully saturated rings. The Morgan fingerprint density at radius 1 is 1.36 bits per heavy atom. The number of hydrogen-bond acceptors (Lipinski definition) is 2. The molecule has 0 N–H and O–H groups in total. The summed E-state index contributed by atoms with van der Waals surface area (Å²) in [7, 11) is 0. The first-order valence-corrected chi connectivity index (χ1v) is 5.13. The highest BCUT2D eigenvalue weighted by Gasteiger charge is 2.18. The number of fused-ring (bicyclic) bond motifs is 1. The summed E-state index contributed by atoms with van der Waals surface area (Å²) in [4.78, 5) is 2.32. The van der Waals surface area contributed by atoms with Gasteiger partial charge in [0.25, 0.3) is 0 Å². The molecular formula is C12H17NO. The van der Waals surface area contributed by atoms with Crippen molar-refractivity contribution >= 4 is 0 Å². The van der Waals surface area contributed by atoms with E-state index in [1.165, 1.54) is 11.1 Å². The average molecular weight is 191 g/mol. The van der Waals surface area contributed by atoms with Crippen LogP contribution in [0.3, 0.4) is 0 Å². The number of ether oxygens (including phenoxy) is 1. The molecule has 0 amide bonds. The molecule has 0 aliphatic carbocycles. The minimum Gasteiger partial charge on any atom is -0.478 e. The summed E-state index contributed by atoms with van der Waals surface area (Å²) < 4.78 is 5.68. The Balaban J connectivity index is 2.24. The van der Waals surface area contributed by atoms with Gasteiger partial charge >= 0.3 is 0 Å². The van der Waals surface area contributed by atoms with Crippen LogP contribution in [0.1, 0.15) is 25.0 Å². The number of nitrogens with zero attached hydrogens (tertiary/aromatic N) is 1. The molecule has 0 saturated carbocycles. The fraction of sp³-hybridized carbons (Fsp3) is 0.500. The molecule has 1 aliphatic heterocycles. The van der Waals surface area contributed by atoms with Crippen LogP contribution in [0.5, 0.6) is 5.75 Å². The quantitative estimate of drug-likeness (QED) is 0.676. The largest absolute Gasteiger partial charge is 0.478 e. The van der Waals surface area contributed by atoms with Gasteiger partial charge in [-0.1, -0.05) is 17.7 Å². The Morgan fingerprint density at radius 2 is 2.14 bits per heavy atom. The predicted octanol–water partition coefficient (Wildman–Crippen LogP) is 2.56. The highest BCUT2D eigenvalue weighted by Crippen LogP contribution is 2.26. The molecule has 0 radical (unpaired) electrons. The highest BCUT2D eigenvalue weighted by atomic mass is 16.5. The lowest BCUT2D eigenvalue weighted by molar-refractivity contribution is 0.0686. The van der Waals surface area contributed by atoms with Gasteiger partial charge in [-0.25, -0.2) is 0 Å². The van der Waals surface area contributed by atoms with Crippen LogP contribution in [0, 0.1) is 6.92 Å². The lowest BCUT2D eigenvalue weighted by Gasteiger charge is -2.31. The summed E-state index contributed by atoms with van der Waals surface area (Å²) in [6, 6.07) is 6.93. The topological polar surface area (TPSA) is 12.5 Å². The zero-order chi connectivity index (χ0) is 10.1. The summed E-state index contributed by atoms with van der Waals surface area (Å²) in [5, 5.41) is 0. The third-order valence-electron chi connectivity index (χ3n) is 2.71. The first kappa shape index (κ1) is 9.53. The Hall–Kier alpha value is -1.02. The monoisotopic (exact) mass is 191 g/mol. The second kappa shape index (κ2) is 3.62. The van der Waals surface area contributed by atoms with E-state index >= 15 is 0 Å². The minimum atomic E-state index is 0.545. The predicted molar refractivity (Wildman–Crippen MR) is 57.4 cm³/mol. The molecule has 14 heavy (non-hydrogen) atoms. The van der Waals surface area contributed by atoms with Gasteiger partial charge in [-0.2, -0.15) is 0 Å². The maximum Gasteiger partial charge on any atom is 0.142 e. The summed E-state index contributed by atoms with van der Waals surface area (Å²) in [5.74, 6) is 1.05. The SMILES string of the molecule is Cc1ccc2c(c1)CN(C(C)C)CO2. The Labute approximate surface area is 85.5 Å². The van der Waals surface area contributed by atoms with Gasteiger partial charge in [0.15, 0.2) is 0 Å². The van der Waals surface area contributed by atoms with Crippen LogP contribution in [0.15, 0.2) is 18.2 Å². The zero-order valence-corrected chi connectivity index (χ0v) is 9.08. The van der Waals surface area contributed by atoms with E-state index in [9.17, 15) is 0 Å². The smallest absolute Gasteiger partial charge is 0.142 e. The van der Waals surface area contributed by atoms with Gasteiger partial charge in [0.05, 0.1) is 0 Å². The molecule has 0 unspecified atom stereocenters. The van der Waals surface area contributed by atoms with E-state index < -0.39 is 0 Å². The van der Waals surface area contributed by atoms with Crippen LogP contribution in [-0.4, -0.2) is 17.7 Å². The molecule has 2 nitrogen and oxygen atoms in total. The third kappa shape index (κ3) is 1.75. The molecular weight excluding hydrogens is 174 g/mol. The minimum absolute atomic E-state index is 0.545. The van der Waals surface area contributed by atoms with E-state index in [-0.39, 0.29) is 0 Å². The van der Waals surface area contributed by atoms with E-state index in [1.807, 2.05) is 0 Å². The van der Waals surface area contributed by atoms with Crippen LogP contribution < -0.4 is 4.74 Å². The number of rotatable bonds is 1. The van der Waals surface area contributed by atoms with Gasteiger partial charge in [0, 0.05) is 18.2 Å². The normalized spacial score (nSPS) is 16.6. The summed E-state index contributed by atoms with van der Waals surface area (Å²) in [6.07, 6.45) is 0. The van der Waals surface area contributed by atoms with E-state index in [0.717, 1.165) is 12.3 Å². The summed E-state index contributed by atoms with van der Waals surface area (Å²) in [6.45, 7) is 8.24. The molecule has 0 bridgehead atoms. The maximum absolute atomic E-state index is 5.68. The Morgan fingerprint density at radius 3 is 2.86 bits per heavy atom. The first-order valence-electron chi connectivity index (χ1n) is 5.13. The molecule has 0 spiro atoms. The van der Waals surface area contributed by atoms with Gasteiger partial charge in [0.2, 0.25) is 0 Å². The van der Waals surface area contributed by atoms with Crippen molar-refractivity contribution in [3.63, 3.8) is 0 Å². The van der Waals surface area contributed by atoms with Crippen molar-refractivity contribution in [2.75, 3.05) is 6.73 Å². The van der Waals surface area contributed by atoms with E-state index in [1.54, 1.807) is 0 Å². The summed E-state index contributed by atoms with van der Waals surface area (Å²) >= 11 is 0. The van der Waals surface area contributed by atoms with Gasteiger partial charge in [-0.15, -0.1) is 0 Å². The molecule has 2 heteroatoms. The number of benzene rings is 1. The van der Waals surface area contributed by atoms with Gasteiger partial charge < -0.3 is 4.74 Å². The molecule has 1 aromatic carbocycles. The van der Waals surface area contributed by atoms with Crippen molar-refractivity contribution in [1.82, 2.24) is 4.90 Å². The summed E-state index contributed by atoms with van der Waals surface area (Å²) in [5.41, 5.74) is 2.61. The van der Waals surface area contributed by atoms with Gasteiger partial charge in [-0.3, -0.25) is 4.90 Å². The lowest BCUT2D eigenvalue weighted by atomic mass is 10.1. The van der Waals surface area contributed by atoms with E-state index in [2.05, 4.69) is 43.9 Å². The van der Waals surface area contributed by atoms with Crippen molar-refractivity contribution < 1.29 is 4.74 Å². The van der Waals surface area contributed by atoms with Crippen molar-refractivity contribution in [1.29, 1.82) is 0 Å². The lowest BCUT2D eigenvalue weighted by Crippen LogP contribution is -2.37. The number of aryl methyl sites for hydroxylation is 1. The van der Waals surface area contributed by atoms with Crippen molar-refractivity contribution in [2.45, 2.75) is 33.4 Å².